The summed E-state index contributed by atoms with van der Waals surface area (Å²) in [6.07, 6.45) is -7.27. The number of aromatic nitrogens is 2. The number of alkyl halides is 6. The molecule has 2 atom stereocenters. The first-order valence-corrected chi connectivity index (χ1v) is 15.1. The van der Waals surface area contributed by atoms with Gasteiger partial charge in [-0.05, 0) is 74.4 Å². The number of benzene rings is 2. The smallest absolute Gasteiger partial charge is 0.424 e. The van der Waals surface area contributed by atoms with Crippen LogP contribution in [-0.4, -0.2) is 52.3 Å². The third kappa shape index (κ3) is 6.42. The van der Waals surface area contributed by atoms with Crippen LogP contribution in [0, 0.1) is 5.82 Å². The average Bonchev–Trinajstić information content (AvgIpc) is 3.82. The van der Waals surface area contributed by atoms with Crippen LogP contribution in [-0.2, 0) is 22.0 Å². The maximum Gasteiger partial charge on any atom is 0.424 e. The second kappa shape index (κ2) is 12.3. The van der Waals surface area contributed by atoms with Crippen LogP contribution in [0.2, 0.25) is 0 Å². The molecule has 0 saturated heterocycles. The molecule has 1 fully saturated rings. The van der Waals surface area contributed by atoms with Crippen LogP contribution >= 0.6 is 0 Å². The van der Waals surface area contributed by atoms with Gasteiger partial charge in [0.15, 0.2) is 0 Å². The van der Waals surface area contributed by atoms with Gasteiger partial charge in [-0.1, -0.05) is 0 Å². The Morgan fingerprint density at radius 3 is 2.34 bits per heavy atom. The second-order valence-electron chi connectivity index (χ2n) is 12.3. The predicted molar refractivity (Wildman–Crippen MR) is 162 cm³/mol. The van der Waals surface area contributed by atoms with E-state index in [-0.39, 0.29) is 57.7 Å². The highest BCUT2D eigenvalue weighted by Gasteiger charge is 2.57. The van der Waals surface area contributed by atoms with Crippen molar-refractivity contribution in [1.82, 2.24) is 15.3 Å². The molecule has 4 N–H and O–H groups in total. The monoisotopic (exact) mass is 704 g/mol. The highest BCUT2D eigenvalue weighted by atomic mass is 19.4. The number of rotatable bonds is 9. The zero-order valence-electron chi connectivity index (χ0n) is 26.0. The summed E-state index contributed by atoms with van der Waals surface area (Å²) in [5, 5.41) is 13.4. The van der Waals surface area contributed by atoms with Crippen molar-refractivity contribution in [3.8, 4) is 33.9 Å². The van der Waals surface area contributed by atoms with Gasteiger partial charge in [0.25, 0.3) is 5.91 Å². The Morgan fingerprint density at radius 1 is 1.02 bits per heavy atom. The molecule has 2 aromatic heterocycles. The van der Waals surface area contributed by atoms with Gasteiger partial charge in [-0.3, -0.25) is 14.6 Å². The van der Waals surface area contributed by atoms with Crippen LogP contribution in [0.4, 0.5) is 30.7 Å². The number of hydrogen-bond acceptors (Lipinski definition) is 7. The van der Waals surface area contributed by atoms with E-state index in [4.69, 9.17) is 15.2 Å². The van der Waals surface area contributed by atoms with E-state index in [0.717, 1.165) is 36.5 Å². The normalized spacial score (nSPS) is 18.5. The number of ether oxygens (including phenoxy) is 2. The van der Waals surface area contributed by atoms with Gasteiger partial charge in [0.05, 0.1) is 23.9 Å². The topological polar surface area (TPSA) is 137 Å². The second-order valence-corrected chi connectivity index (χ2v) is 12.3. The highest BCUT2D eigenvalue weighted by Crippen LogP contribution is 2.48. The van der Waals surface area contributed by atoms with Crippen LogP contribution in [0.15, 0.2) is 67.0 Å². The number of carbonyl (C=O) groups is 2. The fourth-order valence-electron chi connectivity index (χ4n) is 5.36. The number of nitrogens with two attached hydrogens (primary N) is 1. The van der Waals surface area contributed by atoms with E-state index in [1.54, 1.807) is 0 Å². The number of primary amides is 1. The minimum absolute atomic E-state index is 0.0317. The number of nitrogens with zero attached hydrogens (tertiary/aromatic N) is 2. The quantitative estimate of drug-likeness (QED) is 0.187. The summed E-state index contributed by atoms with van der Waals surface area (Å²) in [5.74, 6) is -2.69. The predicted octanol–water partition coefficient (Wildman–Crippen LogP) is 5.83. The molecule has 3 heterocycles. The fraction of sp³-hybridized carbons (Fsp3) is 0.294. The lowest BCUT2D eigenvalue weighted by molar-refractivity contribution is -0.265. The molecule has 2 aromatic carbocycles. The molecule has 262 valence electrons. The number of amides is 2. The Hall–Kier alpha value is -5.25. The first kappa shape index (κ1) is 34.6. The molecule has 4 aromatic rings. The summed E-state index contributed by atoms with van der Waals surface area (Å²) in [5.41, 5.74) is -2.58. The number of hydrogen-bond donors (Lipinski definition) is 3. The van der Waals surface area contributed by atoms with E-state index in [0.29, 0.717) is 19.0 Å². The van der Waals surface area contributed by atoms with Crippen LogP contribution in [0.1, 0.15) is 46.9 Å². The molecule has 2 amide bonds. The lowest BCUT2D eigenvalue weighted by Gasteiger charge is -2.31. The molecule has 1 aliphatic carbocycles. The lowest BCUT2D eigenvalue weighted by atomic mass is 9.81. The molecule has 0 unspecified atom stereocenters. The van der Waals surface area contributed by atoms with Gasteiger partial charge in [0.1, 0.15) is 35.0 Å². The largest absolute Gasteiger partial charge is 0.490 e. The molecule has 9 nitrogen and oxygen atoms in total. The average molecular weight is 705 g/mol. The zero-order chi connectivity index (χ0) is 36.2. The van der Waals surface area contributed by atoms with Crippen molar-refractivity contribution in [2.45, 2.75) is 49.2 Å². The molecule has 0 bridgehead atoms. The Morgan fingerprint density at radius 2 is 1.72 bits per heavy atom. The summed E-state index contributed by atoms with van der Waals surface area (Å²) >= 11 is 0. The highest BCUT2D eigenvalue weighted by molar-refractivity contribution is 5.96. The van der Waals surface area contributed by atoms with E-state index >= 15 is 0 Å². The Labute approximate surface area is 279 Å². The van der Waals surface area contributed by atoms with Gasteiger partial charge in [0.2, 0.25) is 11.5 Å². The molecular weight excluding hydrogens is 677 g/mol. The van der Waals surface area contributed by atoms with Crippen molar-refractivity contribution in [2.75, 3.05) is 13.2 Å². The molecule has 6 rings (SSSR count). The third-order valence-corrected chi connectivity index (χ3v) is 8.57. The number of halogens is 7. The molecule has 0 spiro atoms. The van der Waals surface area contributed by atoms with Crippen molar-refractivity contribution >= 4 is 11.8 Å². The molecule has 0 radical (unpaired) electrons. The number of nitrogens with one attached hydrogen (secondary N) is 1. The van der Waals surface area contributed by atoms with Crippen molar-refractivity contribution < 1.29 is 54.9 Å². The summed E-state index contributed by atoms with van der Waals surface area (Å²) < 4.78 is 110. The van der Waals surface area contributed by atoms with E-state index in [1.165, 1.54) is 31.2 Å². The van der Waals surface area contributed by atoms with Gasteiger partial charge >= 0.3 is 12.4 Å². The van der Waals surface area contributed by atoms with Gasteiger partial charge in [-0.25, -0.2) is 9.37 Å². The summed E-state index contributed by atoms with van der Waals surface area (Å²) in [6, 6.07) is 9.77. The molecule has 50 heavy (non-hydrogen) atoms. The van der Waals surface area contributed by atoms with E-state index in [2.05, 4.69) is 15.3 Å². The molecule has 1 aliphatic heterocycles. The molecule has 16 heteroatoms. The van der Waals surface area contributed by atoms with Crippen molar-refractivity contribution in [3.05, 3.63) is 95.2 Å². The third-order valence-electron chi connectivity index (χ3n) is 8.57. The minimum Gasteiger partial charge on any atom is -0.490 e. The number of carbonyl (C=O) groups excluding carboxylic acids is 2. The van der Waals surface area contributed by atoms with Gasteiger partial charge in [0, 0.05) is 40.2 Å². The fourth-order valence-corrected chi connectivity index (χ4v) is 5.36. The van der Waals surface area contributed by atoms with Crippen molar-refractivity contribution in [3.63, 3.8) is 0 Å². The van der Waals surface area contributed by atoms with Crippen molar-refractivity contribution in [2.24, 2.45) is 5.73 Å². The van der Waals surface area contributed by atoms with E-state index in [1.807, 2.05) is 0 Å². The maximum atomic E-state index is 14.8. The Kier molecular flexibility index (Phi) is 8.49. The Bertz CT molecular complexity index is 1980. The standard InChI is InChI=1S/C34H27F7N4O5/c1-31(30(42)47)16-49-28-24(31)12-26(45-27(28)17-2-5-21(35)6-3-17)32(48,34(39,40)41)15-44-29(46)18-4-9-25(50-22-7-8-22)23(11-18)19-10-20(14-43-13-19)33(36,37)38/h2-6,9-14,22,48H,7-8,15-16H2,1H3,(H2,42,47)(H,44,46)/t31-,32-/m0/s1. The first-order valence-electron chi connectivity index (χ1n) is 15.1. The zero-order valence-corrected chi connectivity index (χ0v) is 26.0. The first-order chi connectivity index (χ1) is 23.4. The maximum absolute atomic E-state index is 14.8. The van der Waals surface area contributed by atoms with Gasteiger partial charge in [-0.15, -0.1) is 0 Å². The lowest BCUT2D eigenvalue weighted by Crippen LogP contribution is -2.51. The molecular formula is C34H27F7N4O5. The van der Waals surface area contributed by atoms with Gasteiger partial charge < -0.3 is 25.6 Å². The van der Waals surface area contributed by atoms with Crippen LogP contribution < -0.4 is 20.5 Å². The van der Waals surface area contributed by atoms with E-state index in [9.17, 15) is 45.4 Å². The number of aliphatic hydroxyl groups is 1. The minimum atomic E-state index is -5.47. The van der Waals surface area contributed by atoms with Crippen molar-refractivity contribution in [1.29, 1.82) is 0 Å². The van der Waals surface area contributed by atoms with E-state index < -0.39 is 58.8 Å². The molecule has 1 saturated carbocycles. The molecule has 2 aliphatic rings. The van der Waals surface area contributed by atoms with Crippen LogP contribution in [0.3, 0.4) is 0 Å². The summed E-state index contributed by atoms with van der Waals surface area (Å²) in [6.45, 7) is -0.511. The van der Waals surface area contributed by atoms with Crippen LogP contribution in [0.25, 0.3) is 22.4 Å². The SMILES string of the molecule is C[C@]1(C(N)=O)COc2c1cc([C@@](O)(CNC(=O)c1ccc(OC3CC3)c(-c3cncc(C(F)(F)F)c3)c1)C(F)(F)F)nc2-c1ccc(F)cc1. The summed E-state index contributed by atoms with van der Waals surface area (Å²) in [4.78, 5) is 33.5. The Balaban J connectivity index is 1.38. The summed E-state index contributed by atoms with van der Waals surface area (Å²) in [7, 11) is 0. The van der Waals surface area contributed by atoms with Gasteiger partial charge in [-0.2, -0.15) is 26.3 Å². The van der Waals surface area contributed by atoms with Crippen LogP contribution in [0.5, 0.6) is 11.5 Å². The number of pyridine rings is 2. The number of fused-ring (bicyclic) bond motifs is 1.